The number of ketones is 1. The highest BCUT2D eigenvalue weighted by molar-refractivity contribution is 6.31. The average Bonchev–Trinajstić information content (AvgIpc) is 3.31. The van der Waals surface area contributed by atoms with Crippen LogP contribution in [0, 0.1) is 25.2 Å². The minimum Gasteiger partial charge on any atom is -0.494 e. The SMILES string of the molecule is Cc1c(C(=O)c2oc3ccc(Cl)cc3c2C)c(O)n(C2CCCC2)c(=O)c1C#N. The van der Waals surface area contributed by atoms with Crippen molar-refractivity contribution in [2.24, 2.45) is 0 Å². The number of aromatic nitrogens is 1. The van der Waals surface area contributed by atoms with E-state index in [0.717, 1.165) is 25.7 Å². The fourth-order valence-electron chi connectivity index (χ4n) is 4.22. The standard InChI is InChI=1S/C22H19ClN2O4/c1-11-16(10-24)21(27)25(14-5-3-4-6-14)22(28)18(11)19(26)20-12(2)15-9-13(23)7-8-17(15)29-20/h7-9,14,28H,3-6H2,1-2H3. The minimum atomic E-state index is -0.562. The molecule has 6 nitrogen and oxygen atoms in total. The number of hydrogen-bond donors (Lipinski definition) is 1. The van der Waals surface area contributed by atoms with Crippen LogP contribution in [0.4, 0.5) is 0 Å². The molecule has 148 valence electrons. The van der Waals surface area contributed by atoms with Gasteiger partial charge in [-0.05, 0) is 50.5 Å². The smallest absolute Gasteiger partial charge is 0.271 e. The maximum absolute atomic E-state index is 13.4. The van der Waals surface area contributed by atoms with E-state index in [9.17, 15) is 20.0 Å². The predicted molar refractivity (Wildman–Crippen MR) is 109 cm³/mol. The van der Waals surface area contributed by atoms with Gasteiger partial charge in [0, 0.05) is 22.0 Å². The Balaban J connectivity index is 1.96. The molecule has 2 aromatic heterocycles. The molecule has 0 saturated heterocycles. The number of hydrogen-bond acceptors (Lipinski definition) is 5. The quantitative estimate of drug-likeness (QED) is 0.626. The summed E-state index contributed by atoms with van der Waals surface area (Å²) in [5.41, 5.74) is 0.489. The van der Waals surface area contributed by atoms with Gasteiger partial charge in [-0.2, -0.15) is 5.26 Å². The lowest BCUT2D eigenvalue weighted by molar-refractivity contribution is 0.100. The van der Waals surface area contributed by atoms with Gasteiger partial charge in [-0.3, -0.25) is 14.2 Å². The van der Waals surface area contributed by atoms with Gasteiger partial charge < -0.3 is 9.52 Å². The number of aryl methyl sites for hydroxylation is 1. The number of fused-ring (bicyclic) bond motifs is 1. The molecule has 0 aliphatic heterocycles. The summed E-state index contributed by atoms with van der Waals surface area (Å²) in [5.74, 6) is -0.907. The van der Waals surface area contributed by atoms with Crippen LogP contribution in [0.3, 0.4) is 0 Å². The Hall–Kier alpha value is -3.04. The monoisotopic (exact) mass is 410 g/mol. The first-order chi connectivity index (χ1) is 13.8. The Morgan fingerprint density at radius 1 is 1.28 bits per heavy atom. The molecule has 1 aliphatic carbocycles. The van der Waals surface area contributed by atoms with Gasteiger partial charge in [0.05, 0.1) is 5.56 Å². The number of nitrogens with zero attached hydrogens (tertiary/aromatic N) is 2. The maximum atomic E-state index is 13.4. The van der Waals surface area contributed by atoms with Gasteiger partial charge in [-0.25, -0.2) is 0 Å². The molecule has 0 atom stereocenters. The molecule has 1 saturated carbocycles. The van der Waals surface area contributed by atoms with Crippen molar-refractivity contribution < 1.29 is 14.3 Å². The van der Waals surface area contributed by atoms with Crippen molar-refractivity contribution in [1.29, 1.82) is 5.26 Å². The molecule has 0 spiro atoms. The number of nitriles is 1. The van der Waals surface area contributed by atoms with Crippen LogP contribution >= 0.6 is 11.6 Å². The summed E-state index contributed by atoms with van der Waals surface area (Å²) < 4.78 is 6.97. The lowest BCUT2D eigenvalue weighted by Gasteiger charge is -2.19. The lowest BCUT2D eigenvalue weighted by Crippen LogP contribution is -2.29. The van der Waals surface area contributed by atoms with E-state index in [0.29, 0.717) is 21.6 Å². The maximum Gasteiger partial charge on any atom is 0.271 e. The molecule has 0 amide bonds. The zero-order valence-electron chi connectivity index (χ0n) is 16.1. The van der Waals surface area contributed by atoms with Gasteiger partial charge >= 0.3 is 0 Å². The van der Waals surface area contributed by atoms with Crippen LogP contribution in [-0.4, -0.2) is 15.5 Å². The number of furan rings is 1. The summed E-state index contributed by atoms with van der Waals surface area (Å²) in [6, 6.07) is 6.73. The molecule has 29 heavy (non-hydrogen) atoms. The first-order valence-corrected chi connectivity index (χ1v) is 9.84. The number of carbonyl (C=O) groups excluding carboxylic acids is 1. The number of halogens is 1. The molecule has 1 aliphatic rings. The van der Waals surface area contributed by atoms with Crippen molar-refractivity contribution in [1.82, 2.24) is 4.57 Å². The zero-order valence-corrected chi connectivity index (χ0v) is 16.8. The van der Waals surface area contributed by atoms with Gasteiger partial charge in [0.2, 0.25) is 11.7 Å². The highest BCUT2D eigenvalue weighted by Gasteiger charge is 2.31. The van der Waals surface area contributed by atoms with Crippen molar-refractivity contribution in [2.45, 2.75) is 45.6 Å². The second-order valence-corrected chi connectivity index (χ2v) is 7.89. The van der Waals surface area contributed by atoms with Crippen molar-refractivity contribution in [3.8, 4) is 11.9 Å². The fourth-order valence-corrected chi connectivity index (χ4v) is 4.39. The Labute approximate surface area is 171 Å². The molecular formula is C22H19ClN2O4. The van der Waals surface area contributed by atoms with Crippen molar-refractivity contribution in [3.05, 3.63) is 61.6 Å². The lowest BCUT2D eigenvalue weighted by atomic mass is 9.98. The van der Waals surface area contributed by atoms with Crippen molar-refractivity contribution >= 4 is 28.4 Å². The van der Waals surface area contributed by atoms with E-state index < -0.39 is 17.2 Å². The highest BCUT2D eigenvalue weighted by Crippen LogP contribution is 2.36. The van der Waals surface area contributed by atoms with Crippen LogP contribution in [0.1, 0.15) is 64.5 Å². The van der Waals surface area contributed by atoms with Gasteiger partial charge in [-0.15, -0.1) is 0 Å². The summed E-state index contributed by atoms with van der Waals surface area (Å²) >= 11 is 6.06. The average molecular weight is 411 g/mol. The van der Waals surface area contributed by atoms with E-state index in [1.165, 1.54) is 11.5 Å². The summed E-state index contributed by atoms with van der Waals surface area (Å²) in [7, 11) is 0. The number of benzene rings is 1. The minimum absolute atomic E-state index is 0.0566. The molecule has 2 heterocycles. The van der Waals surface area contributed by atoms with Gasteiger partial charge in [-0.1, -0.05) is 24.4 Å². The van der Waals surface area contributed by atoms with Crippen molar-refractivity contribution in [2.75, 3.05) is 0 Å². The Bertz CT molecular complexity index is 1260. The topological polar surface area (TPSA) is 96.2 Å². The molecule has 4 rings (SSSR count). The molecule has 1 N–H and O–H groups in total. The van der Waals surface area contributed by atoms with Crippen LogP contribution in [0.5, 0.6) is 5.88 Å². The normalized spacial score (nSPS) is 14.4. The third kappa shape index (κ3) is 2.93. The van der Waals surface area contributed by atoms with E-state index in [4.69, 9.17) is 16.0 Å². The first kappa shape index (κ1) is 19.3. The van der Waals surface area contributed by atoms with Crippen LogP contribution in [-0.2, 0) is 0 Å². The summed E-state index contributed by atoms with van der Waals surface area (Å²) in [6.45, 7) is 3.24. The van der Waals surface area contributed by atoms with Crippen LogP contribution in [0.25, 0.3) is 11.0 Å². The molecule has 7 heteroatoms. The van der Waals surface area contributed by atoms with Gasteiger partial charge in [0.15, 0.2) is 5.76 Å². The second kappa shape index (κ2) is 7.09. The zero-order chi connectivity index (χ0) is 20.9. The third-order valence-electron chi connectivity index (χ3n) is 5.77. The molecule has 1 fully saturated rings. The van der Waals surface area contributed by atoms with Gasteiger partial charge in [0.25, 0.3) is 5.56 Å². The molecule has 3 aromatic rings. The van der Waals surface area contributed by atoms with E-state index in [2.05, 4.69) is 0 Å². The summed E-state index contributed by atoms with van der Waals surface area (Å²) in [5, 5.41) is 21.7. The Morgan fingerprint density at radius 2 is 1.97 bits per heavy atom. The third-order valence-corrected chi connectivity index (χ3v) is 6.00. The predicted octanol–water partition coefficient (Wildman–Crippen LogP) is 4.79. The number of carbonyl (C=O) groups is 1. The largest absolute Gasteiger partial charge is 0.494 e. The molecule has 1 aromatic carbocycles. The van der Waals surface area contributed by atoms with Crippen molar-refractivity contribution in [3.63, 3.8) is 0 Å². The highest BCUT2D eigenvalue weighted by atomic mass is 35.5. The number of rotatable bonds is 3. The van der Waals surface area contributed by atoms with Crippen LogP contribution in [0.15, 0.2) is 27.4 Å². The molecule has 0 unspecified atom stereocenters. The van der Waals surface area contributed by atoms with E-state index in [1.54, 1.807) is 25.1 Å². The Morgan fingerprint density at radius 3 is 2.62 bits per heavy atom. The number of aromatic hydroxyl groups is 1. The van der Waals surface area contributed by atoms with Crippen LogP contribution in [0.2, 0.25) is 5.02 Å². The van der Waals surface area contributed by atoms with E-state index in [1.807, 2.05) is 6.07 Å². The fraction of sp³-hybridized carbons (Fsp3) is 0.318. The first-order valence-electron chi connectivity index (χ1n) is 9.46. The molecule has 0 bridgehead atoms. The molecule has 0 radical (unpaired) electrons. The number of pyridine rings is 1. The van der Waals surface area contributed by atoms with Crippen LogP contribution < -0.4 is 5.56 Å². The Kier molecular flexibility index (Phi) is 4.71. The van der Waals surface area contributed by atoms with E-state index >= 15 is 0 Å². The molecular weight excluding hydrogens is 392 g/mol. The van der Waals surface area contributed by atoms with Gasteiger partial charge in [0.1, 0.15) is 17.2 Å². The summed E-state index contributed by atoms with van der Waals surface area (Å²) in [6.07, 6.45) is 3.30. The second-order valence-electron chi connectivity index (χ2n) is 7.45. The summed E-state index contributed by atoms with van der Waals surface area (Å²) in [4.78, 5) is 26.2. The van der Waals surface area contributed by atoms with E-state index in [-0.39, 0.29) is 28.5 Å².